The topological polar surface area (TPSA) is 103 Å². The van der Waals surface area contributed by atoms with E-state index < -0.39 is 16.9 Å². The Labute approximate surface area is 321 Å². The molecule has 1 amide bonds. The SMILES string of the molecule is CN=C(c1cnc2c(n1)c(C(=O)NC(C)(C)C)cn2C(c1ccccc1)(c1ccccc1)c1ccccc1)c1ccc(F)cc1NCCC1COC(C)(C)O1. The summed E-state index contributed by atoms with van der Waals surface area (Å²) in [7, 11) is 1.67. The maximum atomic E-state index is 14.8. The lowest BCUT2D eigenvalue weighted by Gasteiger charge is -2.38. The number of benzene rings is 4. The third-order valence-electron chi connectivity index (χ3n) is 9.72. The van der Waals surface area contributed by atoms with Gasteiger partial charge in [0.15, 0.2) is 11.4 Å². The zero-order valence-electron chi connectivity index (χ0n) is 32.1. The first-order chi connectivity index (χ1) is 26.4. The monoisotopic (exact) mass is 738 g/mol. The average molecular weight is 739 g/mol. The Morgan fingerprint density at radius 2 is 1.51 bits per heavy atom. The highest BCUT2D eigenvalue weighted by Gasteiger charge is 2.41. The van der Waals surface area contributed by atoms with Crippen LogP contribution >= 0.6 is 0 Å². The van der Waals surface area contributed by atoms with Gasteiger partial charge in [0.25, 0.3) is 5.91 Å². The third-order valence-corrected chi connectivity index (χ3v) is 9.72. The Morgan fingerprint density at radius 3 is 2.04 bits per heavy atom. The van der Waals surface area contributed by atoms with Crippen molar-refractivity contribution in [2.24, 2.45) is 4.99 Å². The van der Waals surface area contributed by atoms with Gasteiger partial charge in [-0.2, -0.15) is 0 Å². The Hall–Kier alpha value is -5.71. The predicted molar refractivity (Wildman–Crippen MR) is 215 cm³/mol. The van der Waals surface area contributed by atoms with Crippen molar-refractivity contribution in [2.45, 2.75) is 64.0 Å². The fourth-order valence-electron chi connectivity index (χ4n) is 7.41. The molecule has 282 valence electrons. The number of carbonyl (C=O) groups is 1. The van der Waals surface area contributed by atoms with E-state index in [0.717, 1.165) is 16.7 Å². The smallest absolute Gasteiger partial charge is 0.255 e. The fraction of sp³-hybridized carbons (Fsp3) is 0.289. The van der Waals surface area contributed by atoms with E-state index >= 15 is 0 Å². The summed E-state index contributed by atoms with van der Waals surface area (Å²) in [5, 5.41) is 6.54. The second-order valence-electron chi connectivity index (χ2n) is 15.3. The van der Waals surface area contributed by atoms with E-state index in [4.69, 9.17) is 19.4 Å². The molecule has 0 spiro atoms. The van der Waals surface area contributed by atoms with Crippen LogP contribution < -0.4 is 10.6 Å². The van der Waals surface area contributed by atoms with Crippen LogP contribution in [0.4, 0.5) is 10.1 Å². The molecule has 0 bridgehead atoms. The number of aliphatic imine (C=N–C) groups is 1. The van der Waals surface area contributed by atoms with Crippen molar-refractivity contribution in [3.05, 3.63) is 161 Å². The van der Waals surface area contributed by atoms with Crippen molar-refractivity contribution in [2.75, 3.05) is 25.5 Å². The molecule has 0 aliphatic carbocycles. The summed E-state index contributed by atoms with van der Waals surface area (Å²) in [6.45, 7) is 10.6. The lowest BCUT2D eigenvalue weighted by atomic mass is 9.76. The Morgan fingerprint density at radius 1 is 0.909 bits per heavy atom. The van der Waals surface area contributed by atoms with Crippen LogP contribution in [0.2, 0.25) is 0 Å². The fourth-order valence-corrected chi connectivity index (χ4v) is 7.41. The van der Waals surface area contributed by atoms with Gasteiger partial charge < -0.3 is 24.7 Å². The van der Waals surface area contributed by atoms with Gasteiger partial charge in [0.1, 0.15) is 22.6 Å². The zero-order valence-corrected chi connectivity index (χ0v) is 32.1. The summed E-state index contributed by atoms with van der Waals surface area (Å²) >= 11 is 0. The number of fused-ring (bicyclic) bond motifs is 1. The molecule has 2 aromatic heterocycles. The molecule has 1 atom stereocenters. The summed E-state index contributed by atoms with van der Waals surface area (Å²) in [6.07, 6.45) is 4.13. The number of hydrogen-bond donors (Lipinski definition) is 2. The summed E-state index contributed by atoms with van der Waals surface area (Å²) in [5.74, 6) is -1.30. The van der Waals surface area contributed by atoms with Gasteiger partial charge in [0, 0.05) is 36.6 Å². The molecule has 2 N–H and O–H groups in total. The minimum absolute atomic E-state index is 0.0800. The molecule has 55 heavy (non-hydrogen) atoms. The van der Waals surface area contributed by atoms with Crippen LogP contribution in [0.1, 0.15) is 79.3 Å². The molecule has 0 radical (unpaired) electrons. The summed E-state index contributed by atoms with van der Waals surface area (Å²) < 4.78 is 28.5. The molecule has 0 saturated carbocycles. The number of aromatic nitrogens is 3. The third kappa shape index (κ3) is 7.65. The van der Waals surface area contributed by atoms with Crippen molar-refractivity contribution in [3.63, 3.8) is 0 Å². The van der Waals surface area contributed by atoms with Gasteiger partial charge in [-0.25, -0.2) is 14.4 Å². The quantitative estimate of drug-likeness (QED) is 0.102. The van der Waals surface area contributed by atoms with Crippen molar-refractivity contribution in [1.82, 2.24) is 19.9 Å². The number of ether oxygens (including phenoxy) is 2. The molecule has 7 rings (SSSR count). The van der Waals surface area contributed by atoms with Gasteiger partial charge >= 0.3 is 0 Å². The van der Waals surface area contributed by atoms with Crippen molar-refractivity contribution in [3.8, 4) is 0 Å². The van der Waals surface area contributed by atoms with Gasteiger partial charge in [-0.1, -0.05) is 91.0 Å². The second kappa shape index (κ2) is 15.2. The number of rotatable bonds is 11. The summed E-state index contributed by atoms with van der Waals surface area (Å²) in [6, 6.07) is 35.2. The number of anilines is 1. The molecule has 1 unspecified atom stereocenters. The van der Waals surface area contributed by atoms with Crippen LogP contribution in [-0.4, -0.2) is 63.8 Å². The zero-order chi connectivity index (χ0) is 38.8. The highest BCUT2D eigenvalue weighted by atomic mass is 19.1. The lowest BCUT2D eigenvalue weighted by molar-refractivity contribution is -0.138. The molecular weight excluding hydrogens is 692 g/mol. The molecule has 1 aliphatic heterocycles. The first-order valence-electron chi connectivity index (χ1n) is 18.6. The van der Waals surface area contributed by atoms with E-state index in [1.165, 1.54) is 12.1 Å². The van der Waals surface area contributed by atoms with E-state index in [0.29, 0.717) is 59.0 Å². The molecule has 6 aromatic rings. The Kier molecular flexibility index (Phi) is 10.4. The van der Waals surface area contributed by atoms with Gasteiger partial charge in [0.05, 0.1) is 30.2 Å². The number of halogens is 1. The molecular formula is C45H47FN6O3. The normalized spacial score (nSPS) is 16.0. The number of hydrogen-bond acceptors (Lipinski definition) is 7. The average Bonchev–Trinajstić information content (AvgIpc) is 3.73. The van der Waals surface area contributed by atoms with Crippen LogP contribution in [0, 0.1) is 5.82 Å². The predicted octanol–water partition coefficient (Wildman–Crippen LogP) is 8.36. The second-order valence-corrected chi connectivity index (χ2v) is 15.3. The van der Waals surface area contributed by atoms with E-state index in [1.807, 2.05) is 95.4 Å². The van der Waals surface area contributed by atoms with E-state index in [2.05, 4.69) is 56.6 Å². The molecule has 1 aliphatic rings. The molecule has 9 nitrogen and oxygen atoms in total. The Balaban J connectivity index is 1.40. The van der Waals surface area contributed by atoms with Crippen molar-refractivity contribution in [1.29, 1.82) is 0 Å². The minimum Gasteiger partial charge on any atom is -0.384 e. The molecule has 4 aromatic carbocycles. The number of carbonyl (C=O) groups excluding carboxylic acids is 1. The minimum atomic E-state index is -0.947. The van der Waals surface area contributed by atoms with E-state index in [9.17, 15) is 9.18 Å². The van der Waals surface area contributed by atoms with E-state index in [1.54, 1.807) is 19.3 Å². The maximum Gasteiger partial charge on any atom is 0.255 e. The standard InChI is InChI=1S/C45H47FN6O3/c1-43(2,3)51-42(53)36-28-52(45(30-16-10-7-11-17-30,31-18-12-8-13-19-31)32-20-14-9-15-21-32)41-40(36)50-38(27-49-41)39(47-6)35-23-22-33(46)26-37(35)48-25-24-34-29-54-44(4,5)55-34/h7-23,26-28,34,48H,24-25,29H2,1-6H3,(H,51,53). The first-order valence-corrected chi connectivity index (χ1v) is 18.6. The molecule has 1 saturated heterocycles. The van der Waals surface area contributed by atoms with Crippen LogP contribution in [0.5, 0.6) is 0 Å². The van der Waals surface area contributed by atoms with Crippen LogP contribution in [-0.2, 0) is 15.0 Å². The number of nitrogens with zero attached hydrogens (tertiary/aromatic N) is 4. The van der Waals surface area contributed by atoms with Crippen molar-refractivity contribution < 1.29 is 18.7 Å². The first kappa shape index (κ1) is 37.6. The van der Waals surface area contributed by atoms with Gasteiger partial charge in [-0.3, -0.25) is 9.79 Å². The molecule has 10 heteroatoms. The van der Waals surface area contributed by atoms with E-state index in [-0.39, 0.29) is 17.8 Å². The summed E-state index contributed by atoms with van der Waals surface area (Å²) in [5.41, 5.74) is 4.88. The van der Waals surface area contributed by atoms with Gasteiger partial charge in [-0.15, -0.1) is 0 Å². The number of amides is 1. The molecule has 3 heterocycles. The largest absolute Gasteiger partial charge is 0.384 e. The molecule has 1 fully saturated rings. The van der Waals surface area contributed by atoms with Gasteiger partial charge in [0.2, 0.25) is 0 Å². The Bertz CT molecular complexity index is 2220. The van der Waals surface area contributed by atoms with Crippen LogP contribution in [0.15, 0.2) is 127 Å². The van der Waals surface area contributed by atoms with Crippen LogP contribution in [0.25, 0.3) is 11.2 Å². The highest BCUT2D eigenvalue weighted by Crippen LogP contribution is 2.43. The van der Waals surface area contributed by atoms with Crippen molar-refractivity contribution >= 4 is 28.5 Å². The highest BCUT2D eigenvalue weighted by molar-refractivity contribution is 6.15. The van der Waals surface area contributed by atoms with Gasteiger partial charge in [-0.05, 0) is 75.9 Å². The van der Waals surface area contributed by atoms with Crippen LogP contribution in [0.3, 0.4) is 0 Å². The maximum absolute atomic E-state index is 14.8. The summed E-state index contributed by atoms with van der Waals surface area (Å²) in [4.78, 5) is 29.3. The number of nitrogens with one attached hydrogen (secondary N) is 2. The lowest BCUT2D eigenvalue weighted by Crippen LogP contribution is -2.40.